The summed E-state index contributed by atoms with van der Waals surface area (Å²) in [6, 6.07) is 0.776. The second-order valence-electron chi connectivity index (χ2n) is 10.1. The van der Waals surface area contributed by atoms with Crippen LogP contribution in [0.1, 0.15) is 76.7 Å². The molecule has 1 aromatic carbocycles. The molecule has 0 unspecified atom stereocenters. The average molecular weight is 680 g/mol. The summed E-state index contributed by atoms with van der Waals surface area (Å²) in [5.74, 6) is -56.9. The lowest BCUT2D eigenvalue weighted by Gasteiger charge is -2.42. The molecule has 0 aliphatic rings. The van der Waals surface area contributed by atoms with Crippen molar-refractivity contribution in [3.63, 3.8) is 0 Å². The number of hydrogen-bond donors (Lipinski definition) is 0. The maximum absolute atomic E-state index is 14.4. The van der Waals surface area contributed by atoms with Crippen molar-refractivity contribution in [2.75, 3.05) is 6.61 Å². The lowest BCUT2D eigenvalue weighted by atomic mass is 9.87. The molecule has 258 valence electrons. The Morgan fingerprint density at radius 1 is 0.432 bits per heavy atom. The van der Waals surface area contributed by atoms with Crippen LogP contribution in [-0.4, -0.2) is 48.3 Å². The minimum atomic E-state index is -8.64. The number of halogens is 17. The van der Waals surface area contributed by atoms with E-state index < -0.39 is 53.2 Å². The highest BCUT2D eigenvalue weighted by atomic mass is 19.4. The maximum Gasteiger partial charge on any atom is 0.460 e. The Kier molecular flexibility index (Phi) is 12.8. The third-order valence-electron chi connectivity index (χ3n) is 6.71. The molecular weight excluding hydrogens is 651 g/mol. The first-order valence-corrected chi connectivity index (χ1v) is 13.2. The molecule has 1 nitrogen and oxygen atoms in total. The minimum Gasteiger partial charge on any atom is -0.494 e. The van der Waals surface area contributed by atoms with Gasteiger partial charge in [0.2, 0.25) is 0 Å². The predicted octanol–water partition coefficient (Wildman–Crippen LogP) is 11.5. The number of ether oxygens (including phenoxy) is 1. The van der Waals surface area contributed by atoms with Gasteiger partial charge in [0, 0.05) is 5.56 Å². The maximum atomic E-state index is 14.4. The summed E-state index contributed by atoms with van der Waals surface area (Å²) in [6.45, 7) is 2.06. The van der Waals surface area contributed by atoms with E-state index in [1.165, 1.54) is 0 Å². The van der Waals surface area contributed by atoms with Gasteiger partial charge in [0.1, 0.15) is 5.75 Å². The van der Waals surface area contributed by atoms with Crippen molar-refractivity contribution in [2.45, 2.75) is 119 Å². The topological polar surface area (TPSA) is 9.23 Å². The van der Waals surface area contributed by atoms with Crippen LogP contribution in [0.4, 0.5) is 74.6 Å². The number of rotatable bonds is 19. The molecule has 0 heterocycles. The number of unbranched alkanes of at least 4 members (excludes halogenated alkanes) is 9. The highest BCUT2D eigenvalue weighted by Crippen LogP contribution is 2.65. The molecule has 0 fully saturated rings. The Morgan fingerprint density at radius 2 is 0.773 bits per heavy atom. The molecule has 0 amide bonds. The molecule has 0 aliphatic heterocycles. The summed E-state index contributed by atoms with van der Waals surface area (Å²) in [5.41, 5.74) is -2.26. The van der Waals surface area contributed by atoms with Gasteiger partial charge in [-0.05, 0) is 30.7 Å². The summed E-state index contributed by atoms with van der Waals surface area (Å²) < 4.78 is 234. The van der Waals surface area contributed by atoms with Crippen LogP contribution in [0.25, 0.3) is 0 Å². The van der Waals surface area contributed by atoms with E-state index in [0.717, 1.165) is 51.4 Å². The van der Waals surface area contributed by atoms with E-state index in [2.05, 4.69) is 6.92 Å². The van der Waals surface area contributed by atoms with Gasteiger partial charge in [-0.3, -0.25) is 0 Å². The largest absolute Gasteiger partial charge is 0.494 e. The highest BCUT2D eigenvalue weighted by molar-refractivity contribution is 5.32. The zero-order valence-electron chi connectivity index (χ0n) is 22.9. The van der Waals surface area contributed by atoms with Crippen LogP contribution in [0.3, 0.4) is 0 Å². The van der Waals surface area contributed by atoms with Crippen molar-refractivity contribution in [1.82, 2.24) is 0 Å². The number of alkyl halides is 17. The summed E-state index contributed by atoms with van der Waals surface area (Å²) in [6.07, 6.45) is 1.70. The fourth-order valence-electron chi connectivity index (χ4n) is 3.89. The Labute approximate surface area is 241 Å². The molecule has 1 aromatic rings. The fraction of sp³-hybridized carbons (Fsp3) is 0.769. The van der Waals surface area contributed by atoms with E-state index in [-0.39, 0.29) is 24.5 Å². The Hall–Kier alpha value is -2.17. The van der Waals surface area contributed by atoms with Crippen molar-refractivity contribution in [3.05, 3.63) is 29.8 Å². The summed E-state index contributed by atoms with van der Waals surface area (Å²) in [7, 11) is 0. The Balaban J connectivity index is 3.01. The molecule has 44 heavy (non-hydrogen) atoms. The fourth-order valence-corrected chi connectivity index (χ4v) is 3.89. The third-order valence-corrected chi connectivity index (χ3v) is 6.71. The molecule has 0 N–H and O–H groups in total. The predicted molar refractivity (Wildman–Crippen MR) is 123 cm³/mol. The van der Waals surface area contributed by atoms with Gasteiger partial charge in [-0.25, -0.2) is 0 Å². The monoisotopic (exact) mass is 680 g/mol. The van der Waals surface area contributed by atoms with Gasteiger partial charge in [-0.15, -0.1) is 0 Å². The lowest BCUT2D eigenvalue weighted by Crippen LogP contribution is -2.74. The van der Waals surface area contributed by atoms with Crippen molar-refractivity contribution in [2.24, 2.45) is 0 Å². The second-order valence-corrected chi connectivity index (χ2v) is 10.1. The molecule has 1 rings (SSSR count). The molecule has 0 spiro atoms. The zero-order chi connectivity index (χ0) is 34.5. The molecule has 0 radical (unpaired) electrons. The van der Waals surface area contributed by atoms with Crippen LogP contribution in [0, 0.1) is 0 Å². The van der Waals surface area contributed by atoms with Gasteiger partial charge in [-0.1, -0.05) is 64.7 Å². The third kappa shape index (κ3) is 7.44. The highest BCUT2D eigenvalue weighted by Gasteiger charge is 2.95. The quantitative estimate of drug-likeness (QED) is 0.104. The van der Waals surface area contributed by atoms with Gasteiger partial charge < -0.3 is 4.74 Å². The van der Waals surface area contributed by atoms with Crippen molar-refractivity contribution < 1.29 is 79.4 Å². The second kappa shape index (κ2) is 14.1. The first-order valence-electron chi connectivity index (χ1n) is 13.2. The molecule has 0 bridgehead atoms. The van der Waals surface area contributed by atoms with Crippen molar-refractivity contribution in [1.29, 1.82) is 0 Å². The van der Waals surface area contributed by atoms with Crippen LogP contribution < -0.4 is 4.74 Å². The standard InChI is InChI=1S/C26H29F17O/c1-2-3-4-5-6-7-8-9-10-11-16-44-18-14-12-17(13-15-18)19(27,28)20(29,30)21(31,32)22(33,34)23(35,36)24(37,38)25(39,40)26(41,42)43/h12-15H,2-11,16H2,1H3. The van der Waals surface area contributed by atoms with E-state index in [4.69, 9.17) is 4.74 Å². The van der Waals surface area contributed by atoms with Gasteiger partial charge in [0.15, 0.2) is 0 Å². The van der Waals surface area contributed by atoms with Gasteiger partial charge >= 0.3 is 47.6 Å². The van der Waals surface area contributed by atoms with Crippen LogP contribution in [0.15, 0.2) is 24.3 Å². The molecule has 18 heteroatoms. The summed E-state index contributed by atoms with van der Waals surface area (Å²) >= 11 is 0. The van der Waals surface area contributed by atoms with Crippen LogP contribution in [0.2, 0.25) is 0 Å². The first-order chi connectivity index (χ1) is 19.8. The lowest BCUT2D eigenvalue weighted by molar-refractivity contribution is -0.462. The van der Waals surface area contributed by atoms with E-state index in [1.807, 2.05) is 0 Å². The van der Waals surface area contributed by atoms with Crippen molar-refractivity contribution >= 4 is 0 Å². The van der Waals surface area contributed by atoms with Crippen LogP contribution >= 0.6 is 0 Å². The van der Waals surface area contributed by atoms with E-state index in [1.54, 1.807) is 0 Å². The van der Waals surface area contributed by atoms with Gasteiger partial charge in [-0.2, -0.15) is 74.6 Å². The number of benzene rings is 1. The molecule has 0 saturated heterocycles. The average Bonchev–Trinajstić information content (AvgIpc) is 2.90. The summed E-state index contributed by atoms with van der Waals surface area (Å²) in [5, 5.41) is 0. The Morgan fingerprint density at radius 3 is 1.16 bits per heavy atom. The van der Waals surface area contributed by atoms with E-state index >= 15 is 0 Å². The Bertz CT molecular complexity index is 1020. The van der Waals surface area contributed by atoms with E-state index in [9.17, 15) is 74.6 Å². The molecule has 0 aromatic heterocycles. The summed E-state index contributed by atoms with van der Waals surface area (Å²) in [4.78, 5) is 0. The molecule has 0 atom stereocenters. The molecular formula is C26H29F17O. The SMILES string of the molecule is CCCCCCCCCCCCOc1ccc(C(F)(F)C(F)(F)C(F)(F)C(F)(F)C(F)(F)C(F)(F)C(F)(F)C(F)(F)F)cc1. The first kappa shape index (κ1) is 39.9. The van der Waals surface area contributed by atoms with Crippen LogP contribution in [-0.2, 0) is 5.92 Å². The zero-order valence-corrected chi connectivity index (χ0v) is 22.9. The van der Waals surface area contributed by atoms with Crippen LogP contribution in [0.5, 0.6) is 5.75 Å². The van der Waals surface area contributed by atoms with E-state index in [0.29, 0.717) is 25.0 Å². The smallest absolute Gasteiger partial charge is 0.460 e. The molecule has 0 aliphatic carbocycles. The number of hydrogen-bond acceptors (Lipinski definition) is 1. The molecule has 0 saturated carbocycles. The van der Waals surface area contributed by atoms with Gasteiger partial charge in [0.05, 0.1) is 6.61 Å². The normalized spacial score (nSPS) is 14.7. The van der Waals surface area contributed by atoms with Crippen molar-refractivity contribution in [3.8, 4) is 5.75 Å². The minimum absolute atomic E-state index is 0.0292. The van der Waals surface area contributed by atoms with Gasteiger partial charge in [0.25, 0.3) is 0 Å².